The van der Waals surface area contributed by atoms with Crippen molar-refractivity contribution in [1.82, 2.24) is 0 Å². The van der Waals surface area contributed by atoms with Crippen LogP contribution < -0.4 is 20.1 Å². The Hall–Kier alpha value is -2.05. The van der Waals surface area contributed by atoms with Gasteiger partial charge in [0, 0.05) is 17.0 Å². The number of benzene rings is 2. The molecule has 0 atom stereocenters. The third-order valence-electron chi connectivity index (χ3n) is 2.87. The first-order valence-corrected chi connectivity index (χ1v) is 7.15. The van der Waals surface area contributed by atoms with E-state index in [2.05, 4.69) is 23.3 Å². The molecule has 0 aromatic heterocycles. The van der Waals surface area contributed by atoms with Gasteiger partial charge in [0.15, 0.2) is 0 Å². The Morgan fingerprint density at radius 1 is 1.05 bits per heavy atom. The molecule has 2 N–H and O–H groups in total. The molecule has 2 aromatic rings. The average molecular weight is 339 g/mol. The molecule has 0 aliphatic rings. The van der Waals surface area contributed by atoms with Gasteiger partial charge in [0.2, 0.25) is 0 Å². The Bertz CT molecular complexity index is 694. The first-order valence-electron chi connectivity index (χ1n) is 6.32. The van der Waals surface area contributed by atoms with Crippen molar-refractivity contribution >= 4 is 41.6 Å². The van der Waals surface area contributed by atoms with E-state index in [0.29, 0.717) is 32.8 Å². The number of ether oxygens (including phenoxy) is 2. The van der Waals surface area contributed by atoms with E-state index in [9.17, 15) is 4.79 Å². The fourth-order valence-corrected chi connectivity index (χ4v) is 2.26. The van der Waals surface area contributed by atoms with Gasteiger partial charge in [-0.15, -0.1) is 12.6 Å². The van der Waals surface area contributed by atoms with Crippen LogP contribution in [0.5, 0.6) is 11.5 Å². The molecule has 2 amide bonds. The lowest BCUT2D eigenvalue weighted by Crippen LogP contribution is -2.20. The molecule has 2 rings (SSSR count). The quantitative estimate of drug-likeness (QED) is 0.729. The zero-order chi connectivity index (χ0) is 16.1. The Labute approximate surface area is 139 Å². The normalized spacial score (nSPS) is 10.0. The topological polar surface area (TPSA) is 59.6 Å². The molecule has 0 fully saturated rings. The smallest absolute Gasteiger partial charge is 0.323 e. The summed E-state index contributed by atoms with van der Waals surface area (Å²) in [6, 6.07) is 9.91. The summed E-state index contributed by atoms with van der Waals surface area (Å²) in [6.07, 6.45) is 0. The molecule has 0 unspecified atom stereocenters. The van der Waals surface area contributed by atoms with Gasteiger partial charge >= 0.3 is 6.03 Å². The lowest BCUT2D eigenvalue weighted by Gasteiger charge is -2.14. The van der Waals surface area contributed by atoms with Crippen LogP contribution in [0, 0.1) is 0 Å². The van der Waals surface area contributed by atoms with Crippen molar-refractivity contribution in [2.75, 3.05) is 24.9 Å². The number of anilines is 2. The van der Waals surface area contributed by atoms with E-state index in [-0.39, 0.29) is 0 Å². The lowest BCUT2D eigenvalue weighted by atomic mass is 10.2. The number of urea groups is 1. The minimum absolute atomic E-state index is 0.394. The van der Waals surface area contributed by atoms with Crippen LogP contribution in [0.25, 0.3) is 0 Å². The minimum Gasteiger partial charge on any atom is -0.495 e. The van der Waals surface area contributed by atoms with Crippen molar-refractivity contribution in [3.63, 3.8) is 0 Å². The van der Waals surface area contributed by atoms with E-state index in [1.165, 1.54) is 14.2 Å². The van der Waals surface area contributed by atoms with Gasteiger partial charge in [0.05, 0.1) is 30.6 Å². The second-order valence-electron chi connectivity index (χ2n) is 4.28. The first kappa shape index (κ1) is 16.3. The van der Waals surface area contributed by atoms with E-state index in [4.69, 9.17) is 21.1 Å². The monoisotopic (exact) mass is 338 g/mol. The van der Waals surface area contributed by atoms with Gasteiger partial charge in [-0.05, 0) is 12.1 Å². The fraction of sp³-hybridized carbons (Fsp3) is 0.133. The lowest BCUT2D eigenvalue weighted by molar-refractivity contribution is 0.262. The number of halogens is 1. The number of methoxy groups -OCH3 is 2. The highest BCUT2D eigenvalue weighted by Gasteiger charge is 2.13. The van der Waals surface area contributed by atoms with Crippen molar-refractivity contribution < 1.29 is 14.3 Å². The van der Waals surface area contributed by atoms with Gasteiger partial charge in [-0.1, -0.05) is 23.7 Å². The molecule has 0 heterocycles. The fourth-order valence-electron chi connectivity index (χ4n) is 1.81. The highest BCUT2D eigenvalue weighted by molar-refractivity contribution is 7.80. The summed E-state index contributed by atoms with van der Waals surface area (Å²) in [5.74, 6) is 0.868. The van der Waals surface area contributed by atoms with Crippen LogP contribution in [0.3, 0.4) is 0 Å². The SMILES string of the molecule is COc1cc(NC(=O)Nc2ccccc2S)c(OC)cc1Cl. The largest absolute Gasteiger partial charge is 0.495 e. The van der Waals surface area contributed by atoms with Gasteiger partial charge in [-0.2, -0.15) is 0 Å². The molecule has 7 heteroatoms. The Morgan fingerprint density at radius 2 is 1.68 bits per heavy atom. The van der Waals surface area contributed by atoms with Crippen LogP contribution in [0.15, 0.2) is 41.3 Å². The molecule has 0 bridgehead atoms. The van der Waals surface area contributed by atoms with E-state index in [1.807, 2.05) is 6.07 Å². The predicted molar refractivity (Wildman–Crippen MR) is 90.9 cm³/mol. The van der Waals surface area contributed by atoms with Gasteiger partial charge < -0.3 is 20.1 Å². The Kier molecular flexibility index (Phi) is 5.41. The predicted octanol–water partition coefficient (Wildman–Crippen LogP) is 4.29. The molecule has 0 aliphatic carbocycles. The Balaban J connectivity index is 2.19. The van der Waals surface area contributed by atoms with E-state index >= 15 is 0 Å². The van der Waals surface area contributed by atoms with Gasteiger partial charge in [0.25, 0.3) is 0 Å². The average Bonchev–Trinajstić information content (AvgIpc) is 2.50. The molecular weight excluding hydrogens is 324 g/mol. The van der Waals surface area contributed by atoms with E-state index in [1.54, 1.807) is 30.3 Å². The first-order chi connectivity index (χ1) is 10.5. The maximum Gasteiger partial charge on any atom is 0.323 e. The van der Waals surface area contributed by atoms with Crippen LogP contribution in [0.1, 0.15) is 0 Å². The van der Waals surface area contributed by atoms with E-state index < -0.39 is 6.03 Å². The number of amides is 2. The zero-order valence-corrected chi connectivity index (χ0v) is 13.7. The molecule has 0 aliphatic heterocycles. The molecule has 5 nitrogen and oxygen atoms in total. The highest BCUT2D eigenvalue weighted by Crippen LogP contribution is 2.36. The van der Waals surface area contributed by atoms with Crippen LogP contribution in [-0.4, -0.2) is 20.3 Å². The molecule has 0 radical (unpaired) electrons. The highest BCUT2D eigenvalue weighted by atomic mass is 35.5. The molecule has 116 valence electrons. The third kappa shape index (κ3) is 3.78. The zero-order valence-electron chi connectivity index (χ0n) is 12.0. The van der Waals surface area contributed by atoms with Crippen LogP contribution in [0.2, 0.25) is 5.02 Å². The van der Waals surface area contributed by atoms with Crippen molar-refractivity contribution in [1.29, 1.82) is 0 Å². The number of para-hydroxylation sites is 1. The number of thiol groups is 1. The molecular formula is C15H15ClN2O3S. The van der Waals surface area contributed by atoms with Gasteiger partial charge in [0.1, 0.15) is 11.5 Å². The van der Waals surface area contributed by atoms with Crippen molar-refractivity contribution in [2.24, 2.45) is 0 Å². The minimum atomic E-state index is -0.427. The van der Waals surface area contributed by atoms with Crippen LogP contribution in [-0.2, 0) is 0 Å². The summed E-state index contributed by atoms with van der Waals surface area (Å²) in [6.45, 7) is 0. The summed E-state index contributed by atoms with van der Waals surface area (Å²) in [5, 5.41) is 5.79. The third-order valence-corrected chi connectivity index (χ3v) is 3.56. The maximum atomic E-state index is 12.1. The Morgan fingerprint density at radius 3 is 2.32 bits per heavy atom. The van der Waals surface area contributed by atoms with E-state index in [0.717, 1.165) is 0 Å². The van der Waals surface area contributed by atoms with Crippen LogP contribution >= 0.6 is 24.2 Å². The van der Waals surface area contributed by atoms with Crippen molar-refractivity contribution in [3.05, 3.63) is 41.4 Å². The summed E-state index contributed by atoms with van der Waals surface area (Å²) in [5.41, 5.74) is 1.04. The summed E-state index contributed by atoms with van der Waals surface area (Å²) in [7, 11) is 2.99. The number of carbonyl (C=O) groups is 1. The summed E-state index contributed by atoms with van der Waals surface area (Å²) < 4.78 is 10.3. The molecule has 0 saturated heterocycles. The number of carbonyl (C=O) groups excluding carboxylic acids is 1. The number of hydrogen-bond acceptors (Lipinski definition) is 4. The summed E-state index contributed by atoms with van der Waals surface area (Å²) in [4.78, 5) is 12.8. The summed E-state index contributed by atoms with van der Waals surface area (Å²) >= 11 is 10.3. The second kappa shape index (κ2) is 7.29. The molecule has 22 heavy (non-hydrogen) atoms. The van der Waals surface area contributed by atoms with Crippen molar-refractivity contribution in [2.45, 2.75) is 4.90 Å². The van der Waals surface area contributed by atoms with Gasteiger partial charge in [-0.3, -0.25) is 0 Å². The number of rotatable bonds is 4. The van der Waals surface area contributed by atoms with Crippen LogP contribution in [0.4, 0.5) is 16.2 Å². The van der Waals surface area contributed by atoms with Gasteiger partial charge in [-0.25, -0.2) is 4.79 Å². The molecule has 0 saturated carbocycles. The molecule has 2 aromatic carbocycles. The number of nitrogens with one attached hydrogen (secondary N) is 2. The second-order valence-corrected chi connectivity index (χ2v) is 5.17. The van der Waals surface area contributed by atoms with Crippen molar-refractivity contribution in [3.8, 4) is 11.5 Å². The molecule has 0 spiro atoms. The number of hydrogen-bond donors (Lipinski definition) is 3. The standard InChI is InChI=1S/C15H15ClN2O3S/c1-20-12-8-11(13(21-2)7-9(12)16)18-15(19)17-10-5-3-4-6-14(10)22/h3-8,22H,1-2H3,(H2,17,18,19). The maximum absolute atomic E-state index is 12.1.